The summed E-state index contributed by atoms with van der Waals surface area (Å²) in [5, 5.41) is 0. The predicted molar refractivity (Wildman–Crippen MR) is 77.7 cm³/mol. The number of pyridine rings is 1. The lowest BCUT2D eigenvalue weighted by atomic mass is 10.2. The van der Waals surface area contributed by atoms with Crippen molar-refractivity contribution in [3.05, 3.63) is 42.3 Å². The highest BCUT2D eigenvalue weighted by atomic mass is 19.1. The topological polar surface area (TPSA) is 56.7 Å². The van der Waals surface area contributed by atoms with E-state index in [1.165, 1.54) is 6.07 Å². The number of nitrogens with two attached hydrogens (primary N) is 1. The summed E-state index contributed by atoms with van der Waals surface area (Å²) < 4.78 is 15.9. The van der Waals surface area contributed by atoms with Crippen LogP contribution in [0.5, 0.6) is 0 Å². The fraction of sp³-hybridized carbons (Fsp3) is 0.200. The van der Waals surface area contributed by atoms with E-state index in [1.54, 1.807) is 24.4 Å². The number of imidazole rings is 1. The van der Waals surface area contributed by atoms with Crippen LogP contribution < -0.4 is 5.73 Å². The third kappa shape index (κ3) is 1.82. The molecule has 0 saturated heterocycles. The van der Waals surface area contributed by atoms with E-state index in [9.17, 15) is 4.39 Å². The lowest BCUT2D eigenvalue weighted by Crippen LogP contribution is -2.05. The van der Waals surface area contributed by atoms with Crippen molar-refractivity contribution in [1.29, 1.82) is 0 Å². The van der Waals surface area contributed by atoms with Gasteiger partial charge in [0, 0.05) is 12.2 Å². The third-order valence-electron chi connectivity index (χ3n) is 3.24. The van der Waals surface area contributed by atoms with Crippen molar-refractivity contribution in [2.75, 3.05) is 5.73 Å². The van der Waals surface area contributed by atoms with Crippen LogP contribution in [0, 0.1) is 5.82 Å². The Kier molecular flexibility index (Phi) is 2.89. The minimum atomic E-state index is -0.336. The SMILES string of the molecule is CC(C)n1c(-c2ncccc2N)nc2c(F)cccc21. The molecule has 0 spiro atoms. The largest absolute Gasteiger partial charge is 0.397 e. The molecule has 0 aliphatic heterocycles. The number of fused-ring (bicyclic) bond motifs is 1. The van der Waals surface area contributed by atoms with E-state index in [1.807, 2.05) is 24.5 Å². The van der Waals surface area contributed by atoms with Crippen molar-refractivity contribution in [2.45, 2.75) is 19.9 Å². The fourth-order valence-corrected chi connectivity index (χ4v) is 2.38. The van der Waals surface area contributed by atoms with E-state index >= 15 is 0 Å². The lowest BCUT2D eigenvalue weighted by molar-refractivity contribution is 0.622. The molecule has 20 heavy (non-hydrogen) atoms. The van der Waals surface area contributed by atoms with Crippen molar-refractivity contribution >= 4 is 16.7 Å². The van der Waals surface area contributed by atoms with Gasteiger partial charge in [0.25, 0.3) is 0 Å². The third-order valence-corrected chi connectivity index (χ3v) is 3.24. The lowest BCUT2D eigenvalue weighted by Gasteiger charge is -2.13. The average molecular weight is 270 g/mol. The molecular weight excluding hydrogens is 255 g/mol. The molecular formula is C15H15FN4. The number of nitrogens with zero attached hydrogens (tertiary/aromatic N) is 3. The van der Waals surface area contributed by atoms with Crippen LogP contribution in [0.1, 0.15) is 19.9 Å². The zero-order valence-electron chi connectivity index (χ0n) is 11.3. The molecule has 0 aliphatic rings. The molecule has 2 N–H and O–H groups in total. The maximum atomic E-state index is 13.9. The van der Waals surface area contributed by atoms with Crippen LogP contribution in [-0.2, 0) is 0 Å². The van der Waals surface area contributed by atoms with Gasteiger partial charge in [0.15, 0.2) is 11.6 Å². The smallest absolute Gasteiger partial charge is 0.162 e. The molecule has 0 radical (unpaired) electrons. The number of anilines is 1. The Labute approximate surface area is 116 Å². The van der Waals surface area contributed by atoms with E-state index in [4.69, 9.17) is 5.73 Å². The van der Waals surface area contributed by atoms with Gasteiger partial charge in [0.05, 0.1) is 11.2 Å². The second-order valence-corrected chi connectivity index (χ2v) is 4.95. The number of benzene rings is 1. The molecule has 3 rings (SSSR count). The minimum Gasteiger partial charge on any atom is -0.397 e. The van der Waals surface area contributed by atoms with Crippen molar-refractivity contribution in [1.82, 2.24) is 14.5 Å². The van der Waals surface area contributed by atoms with Gasteiger partial charge in [-0.1, -0.05) is 6.07 Å². The normalized spacial score (nSPS) is 11.4. The molecule has 0 atom stereocenters. The van der Waals surface area contributed by atoms with Gasteiger partial charge >= 0.3 is 0 Å². The second kappa shape index (κ2) is 4.59. The first kappa shape index (κ1) is 12.6. The number of para-hydroxylation sites is 1. The molecule has 0 unspecified atom stereocenters. The molecule has 5 heteroatoms. The van der Waals surface area contributed by atoms with Crippen LogP contribution in [0.2, 0.25) is 0 Å². The van der Waals surface area contributed by atoms with Gasteiger partial charge in [-0.2, -0.15) is 0 Å². The summed E-state index contributed by atoms with van der Waals surface area (Å²) >= 11 is 0. The van der Waals surface area contributed by atoms with E-state index in [2.05, 4.69) is 9.97 Å². The Balaban J connectivity index is 2.39. The molecule has 0 fully saturated rings. The number of halogens is 1. The highest BCUT2D eigenvalue weighted by molar-refractivity contribution is 5.82. The molecule has 3 aromatic rings. The summed E-state index contributed by atoms with van der Waals surface area (Å²) in [6.45, 7) is 4.04. The molecule has 1 aromatic carbocycles. The van der Waals surface area contributed by atoms with Crippen molar-refractivity contribution < 1.29 is 4.39 Å². The first-order chi connectivity index (χ1) is 9.59. The van der Waals surface area contributed by atoms with Crippen molar-refractivity contribution in [3.8, 4) is 11.5 Å². The van der Waals surface area contributed by atoms with Gasteiger partial charge in [-0.05, 0) is 38.1 Å². The number of rotatable bonds is 2. The van der Waals surface area contributed by atoms with E-state index in [0.717, 1.165) is 5.52 Å². The molecule has 0 aliphatic carbocycles. The van der Waals surface area contributed by atoms with Crippen molar-refractivity contribution in [2.24, 2.45) is 0 Å². The van der Waals surface area contributed by atoms with Gasteiger partial charge in [0.1, 0.15) is 11.2 Å². The zero-order chi connectivity index (χ0) is 14.3. The van der Waals surface area contributed by atoms with E-state index in [-0.39, 0.29) is 11.9 Å². The first-order valence-corrected chi connectivity index (χ1v) is 6.47. The molecule has 0 amide bonds. The molecule has 2 aromatic heterocycles. The molecule has 0 saturated carbocycles. The molecule has 0 bridgehead atoms. The maximum absolute atomic E-state index is 13.9. The van der Waals surface area contributed by atoms with E-state index < -0.39 is 0 Å². The van der Waals surface area contributed by atoms with Crippen molar-refractivity contribution in [3.63, 3.8) is 0 Å². The van der Waals surface area contributed by atoms with Crippen LogP contribution in [0.4, 0.5) is 10.1 Å². The minimum absolute atomic E-state index is 0.123. The second-order valence-electron chi connectivity index (χ2n) is 4.95. The van der Waals surface area contributed by atoms with Crippen LogP contribution in [-0.4, -0.2) is 14.5 Å². The summed E-state index contributed by atoms with van der Waals surface area (Å²) in [4.78, 5) is 8.70. The monoisotopic (exact) mass is 270 g/mol. The molecule has 2 heterocycles. The molecule has 4 nitrogen and oxygen atoms in total. The molecule has 102 valence electrons. The number of hydrogen-bond acceptors (Lipinski definition) is 3. The van der Waals surface area contributed by atoms with Crippen LogP contribution in [0.3, 0.4) is 0 Å². The van der Waals surface area contributed by atoms with Gasteiger partial charge in [0.2, 0.25) is 0 Å². The summed E-state index contributed by atoms with van der Waals surface area (Å²) in [6.07, 6.45) is 1.66. The maximum Gasteiger partial charge on any atom is 0.162 e. The standard InChI is InChI=1S/C15H15FN4/c1-9(2)20-12-7-3-5-10(16)13(12)19-15(20)14-11(17)6-4-8-18-14/h3-9H,17H2,1-2H3. The number of aromatic nitrogens is 3. The highest BCUT2D eigenvalue weighted by Crippen LogP contribution is 2.30. The Morgan fingerprint density at radius 3 is 2.70 bits per heavy atom. The van der Waals surface area contributed by atoms with Crippen LogP contribution in [0.25, 0.3) is 22.6 Å². The Morgan fingerprint density at radius 2 is 2.00 bits per heavy atom. The van der Waals surface area contributed by atoms with Gasteiger partial charge in [-0.3, -0.25) is 4.98 Å². The quantitative estimate of drug-likeness (QED) is 0.776. The fourth-order valence-electron chi connectivity index (χ4n) is 2.38. The first-order valence-electron chi connectivity index (χ1n) is 6.47. The van der Waals surface area contributed by atoms with Gasteiger partial charge < -0.3 is 10.3 Å². The Bertz CT molecular complexity index is 777. The summed E-state index contributed by atoms with van der Waals surface area (Å²) in [7, 11) is 0. The average Bonchev–Trinajstić information content (AvgIpc) is 2.80. The van der Waals surface area contributed by atoms with E-state index in [0.29, 0.717) is 22.7 Å². The zero-order valence-corrected chi connectivity index (χ0v) is 11.3. The summed E-state index contributed by atoms with van der Waals surface area (Å²) in [5.74, 6) is 0.260. The van der Waals surface area contributed by atoms with Crippen LogP contribution >= 0.6 is 0 Å². The Hall–Kier alpha value is -2.43. The Morgan fingerprint density at radius 1 is 1.20 bits per heavy atom. The summed E-state index contributed by atoms with van der Waals surface area (Å²) in [6, 6.07) is 8.60. The highest BCUT2D eigenvalue weighted by Gasteiger charge is 2.19. The van der Waals surface area contributed by atoms with Crippen LogP contribution in [0.15, 0.2) is 36.5 Å². The predicted octanol–water partition coefficient (Wildman–Crippen LogP) is 3.40. The number of nitrogen functional groups attached to an aromatic ring is 1. The summed E-state index contributed by atoms with van der Waals surface area (Å²) in [5.41, 5.74) is 8.18. The number of hydrogen-bond donors (Lipinski definition) is 1. The van der Waals surface area contributed by atoms with Gasteiger partial charge in [-0.25, -0.2) is 9.37 Å². The van der Waals surface area contributed by atoms with Gasteiger partial charge in [-0.15, -0.1) is 0 Å².